The standard InChI is InChI=1S/C18H12FN3O2S/c1-24-16-7-6-13(19)8-14(16)15-10-25-18(21-15)22-17(23)12-4-2-11(9-20)3-5-12/h2-8,10H,1H3,(H,21,22,23). The zero-order valence-corrected chi connectivity index (χ0v) is 13.9. The van der Waals surface area contributed by atoms with Crippen molar-refractivity contribution in [1.29, 1.82) is 5.26 Å². The van der Waals surface area contributed by atoms with Gasteiger partial charge in [0, 0.05) is 16.5 Å². The third kappa shape index (κ3) is 3.65. The van der Waals surface area contributed by atoms with Gasteiger partial charge in [0.05, 0.1) is 24.4 Å². The van der Waals surface area contributed by atoms with Gasteiger partial charge in [-0.1, -0.05) is 0 Å². The molecule has 1 amide bonds. The number of nitrogens with one attached hydrogen (secondary N) is 1. The van der Waals surface area contributed by atoms with Gasteiger partial charge < -0.3 is 4.74 Å². The molecule has 0 aliphatic heterocycles. The lowest BCUT2D eigenvalue weighted by molar-refractivity contribution is 0.102. The number of carbonyl (C=O) groups is 1. The maximum absolute atomic E-state index is 13.5. The average Bonchev–Trinajstić information content (AvgIpc) is 3.10. The molecule has 0 saturated heterocycles. The fourth-order valence-corrected chi connectivity index (χ4v) is 2.91. The van der Waals surface area contributed by atoms with E-state index in [9.17, 15) is 9.18 Å². The Labute approximate surface area is 147 Å². The Morgan fingerprint density at radius 1 is 1.28 bits per heavy atom. The van der Waals surface area contributed by atoms with Crippen LogP contribution < -0.4 is 10.1 Å². The predicted molar refractivity (Wildman–Crippen MR) is 93.2 cm³/mol. The minimum atomic E-state index is -0.396. The molecule has 0 spiro atoms. The van der Waals surface area contributed by atoms with Crippen molar-refractivity contribution in [2.75, 3.05) is 12.4 Å². The highest BCUT2D eigenvalue weighted by atomic mass is 32.1. The highest BCUT2D eigenvalue weighted by Crippen LogP contribution is 2.32. The Bertz CT molecular complexity index is 961. The van der Waals surface area contributed by atoms with E-state index in [1.807, 2.05) is 6.07 Å². The first-order chi connectivity index (χ1) is 12.1. The summed E-state index contributed by atoms with van der Waals surface area (Å²) in [6.45, 7) is 0. The number of ether oxygens (including phenoxy) is 1. The van der Waals surface area contributed by atoms with E-state index >= 15 is 0 Å². The summed E-state index contributed by atoms with van der Waals surface area (Å²) in [5.74, 6) is -0.236. The minimum absolute atomic E-state index is 0.336. The number of rotatable bonds is 4. The SMILES string of the molecule is COc1ccc(F)cc1-c1csc(NC(=O)c2ccc(C#N)cc2)n1. The quantitative estimate of drug-likeness (QED) is 0.767. The van der Waals surface area contributed by atoms with E-state index in [2.05, 4.69) is 10.3 Å². The summed E-state index contributed by atoms with van der Waals surface area (Å²) in [4.78, 5) is 16.5. The van der Waals surface area contributed by atoms with Crippen LogP contribution in [0.25, 0.3) is 11.3 Å². The molecular weight excluding hydrogens is 341 g/mol. The van der Waals surface area contributed by atoms with Gasteiger partial charge in [0.1, 0.15) is 11.6 Å². The van der Waals surface area contributed by atoms with Crippen LogP contribution in [0.3, 0.4) is 0 Å². The van der Waals surface area contributed by atoms with Crippen molar-refractivity contribution in [2.24, 2.45) is 0 Å². The molecule has 3 rings (SSSR count). The van der Waals surface area contributed by atoms with Gasteiger partial charge in [-0.3, -0.25) is 10.1 Å². The fourth-order valence-electron chi connectivity index (χ4n) is 2.20. The van der Waals surface area contributed by atoms with Gasteiger partial charge in [0.15, 0.2) is 5.13 Å². The average molecular weight is 353 g/mol. The van der Waals surface area contributed by atoms with Gasteiger partial charge in [0.2, 0.25) is 0 Å². The first kappa shape index (κ1) is 16.6. The molecule has 1 aromatic heterocycles. The fraction of sp³-hybridized carbons (Fsp3) is 0.0556. The number of anilines is 1. The van der Waals surface area contributed by atoms with E-state index in [1.54, 1.807) is 29.6 Å². The van der Waals surface area contributed by atoms with E-state index in [4.69, 9.17) is 10.00 Å². The monoisotopic (exact) mass is 353 g/mol. The number of methoxy groups -OCH3 is 1. The zero-order valence-electron chi connectivity index (χ0n) is 13.1. The van der Waals surface area contributed by atoms with Crippen molar-refractivity contribution in [3.05, 3.63) is 64.8 Å². The molecule has 0 unspecified atom stereocenters. The van der Waals surface area contributed by atoms with Gasteiger partial charge in [-0.25, -0.2) is 9.37 Å². The second kappa shape index (κ2) is 7.11. The van der Waals surface area contributed by atoms with Gasteiger partial charge >= 0.3 is 0 Å². The number of nitriles is 1. The lowest BCUT2D eigenvalue weighted by Gasteiger charge is -2.06. The maximum Gasteiger partial charge on any atom is 0.257 e. The number of carbonyl (C=O) groups excluding carboxylic acids is 1. The number of nitrogens with zero attached hydrogens (tertiary/aromatic N) is 2. The summed E-state index contributed by atoms with van der Waals surface area (Å²) in [7, 11) is 1.50. The number of halogens is 1. The van der Waals surface area contributed by atoms with Gasteiger partial charge in [-0.15, -0.1) is 11.3 Å². The predicted octanol–water partition coefficient (Wildman–Crippen LogP) is 4.08. The number of aromatic nitrogens is 1. The molecule has 0 aliphatic rings. The van der Waals surface area contributed by atoms with Crippen LogP contribution in [-0.4, -0.2) is 18.0 Å². The zero-order chi connectivity index (χ0) is 17.8. The number of hydrogen-bond acceptors (Lipinski definition) is 5. The molecule has 2 aromatic carbocycles. The maximum atomic E-state index is 13.5. The molecular formula is C18H12FN3O2S. The largest absolute Gasteiger partial charge is 0.496 e. The summed E-state index contributed by atoms with van der Waals surface area (Å²) >= 11 is 1.23. The van der Waals surface area contributed by atoms with E-state index < -0.39 is 5.82 Å². The Morgan fingerprint density at radius 2 is 2.04 bits per heavy atom. The van der Waals surface area contributed by atoms with E-state index in [0.29, 0.717) is 33.3 Å². The summed E-state index contributed by atoms with van der Waals surface area (Å²) in [6, 6.07) is 12.4. The molecule has 1 N–H and O–H groups in total. The van der Waals surface area contributed by atoms with E-state index in [1.165, 1.54) is 36.6 Å². The van der Waals surface area contributed by atoms with Crippen molar-refractivity contribution in [3.8, 4) is 23.1 Å². The second-order valence-corrected chi connectivity index (χ2v) is 5.88. The number of thiazole rings is 1. The van der Waals surface area contributed by atoms with Crippen molar-refractivity contribution < 1.29 is 13.9 Å². The van der Waals surface area contributed by atoms with Crippen LogP contribution in [-0.2, 0) is 0 Å². The van der Waals surface area contributed by atoms with Crippen LogP contribution in [0.2, 0.25) is 0 Å². The first-order valence-electron chi connectivity index (χ1n) is 7.21. The molecule has 3 aromatic rings. The Kier molecular flexibility index (Phi) is 4.73. The molecule has 0 radical (unpaired) electrons. The highest BCUT2D eigenvalue weighted by Gasteiger charge is 2.13. The first-order valence-corrected chi connectivity index (χ1v) is 8.09. The second-order valence-electron chi connectivity index (χ2n) is 5.03. The molecule has 5 nitrogen and oxygen atoms in total. The van der Waals surface area contributed by atoms with Crippen LogP contribution in [0, 0.1) is 17.1 Å². The number of hydrogen-bond donors (Lipinski definition) is 1. The Hall–Kier alpha value is -3.24. The minimum Gasteiger partial charge on any atom is -0.496 e. The molecule has 25 heavy (non-hydrogen) atoms. The van der Waals surface area contributed by atoms with Gasteiger partial charge in [0.25, 0.3) is 5.91 Å². The summed E-state index contributed by atoms with van der Waals surface area (Å²) in [6.07, 6.45) is 0. The molecule has 1 heterocycles. The summed E-state index contributed by atoms with van der Waals surface area (Å²) < 4.78 is 18.7. The van der Waals surface area contributed by atoms with Crippen LogP contribution in [0.15, 0.2) is 47.8 Å². The molecule has 124 valence electrons. The van der Waals surface area contributed by atoms with Gasteiger partial charge in [-0.05, 0) is 42.5 Å². The third-order valence-electron chi connectivity index (χ3n) is 3.44. The normalized spacial score (nSPS) is 10.1. The molecule has 0 atom stereocenters. The van der Waals surface area contributed by atoms with Crippen molar-refractivity contribution in [2.45, 2.75) is 0 Å². The van der Waals surface area contributed by atoms with Crippen molar-refractivity contribution in [1.82, 2.24) is 4.98 Å². The van der Waals surface area contributed by atoms with E-state index in [-0.39, 0.29) is 5.91 Å². The van der Waals surface area contributed by atoms with Crippen LogP contribution >= 0.6 is 11.3 Å². The molecule has 0 fully saturated rings. The molecule has 0 bridgehead atoms. The third-order valence-corrected chi connectivity index (χ3v) is 4.20. The molecule has 0 saturated carbocycles. The lowest BCUT2D eigenvalue weighted by Crippen LogP contribution is -2.11. The topological polar surface area (TPSA) is 75.0 Å². The molecule has 7 heteroatoms. The van der Waals surface area contributed by atoms with Crippen LogP contribution in [0.1, 0.15) is 15.9 Å². The molecule has 0 aliphatic carbocycles. The van der Waals surface area contributed by atoms with Gasteiger partial charge in [-0.2, -0.15) is 5.26 Å². The smallest absolute Gasteiger partial charge is 0.257 e. The lowest BCUT2D eigenvalue weighted by atomic mass is 10.1. The summed E-state index contributed by atoms with van der Waals surface area (Å²) in [5, 5.41) is 13.6. The Morgan fingerprint density at radius 3 is 2.72 bits per heavy atom. The number of benzene rings is 2. The van der Waals surface area contributed by atoms with Crippen molar-refractivity contribution >= 4 is 22.4 Å². The number of amides is 1. The van der Waals surface area contributed by atoms with Crippen LogP contribution in [0.4, 0.5) is 9.52 Å². The summed E-state index contributed by atoms with van der Waals surface area (Å²) in [5.41, 5.74) is 1.92. The van der Waals surface area contributed by atoms with Crippen LogP contribution in [0.5, 0.6) is 5.75 Å². The van der Waals surface area contributed by atoms with Crippen molar-refractivity contribution in [3.63, 3.8) is 0 Å². The highest BCUT2D eigenvalue weighted by molar-refractivity contribution is 7.14. The van der Waals surface area contributed by atoms with E-state index in [0.717, 1.165) is 0 Å². The Balaban J connectivity index is 1.81.